The molecule has 0 radical (unpaired) electrons. The molecule has 0 bridgehead atoms. The van der Waals surface area contributed by atoms with Gasteiger partial charge in [-0.25, -0.2) is 13.1 Å². The summed E-state index contributed by atoms with van der Waals surface area (Å²) in [7, 11) is -3.60. The molecule has 0 saturated carbocycles. The van der Waals surface area contributed by atoms with Gasteiger partial charge in [-0.1, -0.05) is 13.8 Å². The molecular weight excluding hydrogens is 360 g/mol. The maximum absolute atomic E-state index is 12.1. The lowest BCUT2D eigenvalue weighted by Crippen LogP contribution is -2.28. The number of nitrogens with zero attached hydrogens (tertiary/aromatic N) is 1. The Hall–Kier alpha value is -0.990. The van der Waals surface area contributed by atoms with E-state index >= 15 is 0 Å². The number of aliphatic carboxylic acids is 1. The van der Waals surface area contributed by atoms with E-state index in [0.29, 0.717) is 17.3 Å². The van der Waals surface area contributed by atoms with Gasteiger partial charge in [0, 0.05) is 29.8 Å². The molecule has 0 aromatic carbocycles. The van der Waals surface area contributed by atoms with Crippen molar-refractivity contribution in [2.75, 3.05) is 6.54 Å². The zero-order valence-corrected chi connectivity index (χ0v) is 14.4. The van der Waals surface area contributed by atoms with Crippen molar-refractivity contribution in [2.24, 2.45) is 5.41 Å². The Morgan fingerprint density at radius 3 is 2.62 bits per heavy atom. The predicted octanol–water partition coefficient (Wildman–Crippen LogP) is 2.40. The maximum Gasteiger partial charge on any atom is 0.303 e. The van der Waals surface area contributed by atoms with Gasteiger partial charge in [0.25, 0.3) is 0 Å². The Kier molecular flexibility index (Phi) is 6.30. The molecule has 1 heterocycles. The molecular formula is C13H19BrN2O4S. The number of rotatable bonds is 8. The molecule has 0 aliphatic carbocycles. The number of aromatic nitrogens is 1. The van der Waals surface area contributed by atoms with Crippen molar-refractivity contribution >= 4 is 31.9 Å². The van der Waals surface area contributed by atoms with E-state index in [0.717, 1.165) is 0 Å². The number of pyridine rings is 1. The van der Waals surface area contributed by atoms with E-state index in [1.807, 2.05) is 13.8 Å². The highest BCUT2D eigenvalue weighted by molar-refractivity contribution is 9.10. The molecule has 118 valence electrons. The van der Waals surface area contributed by atoms with Crippen molar-refractivity contribution in [3.8, 4) is 0 Å². The van der Waals surface area contributed by atoms with Crippen LogP contribution in [0.15, 0.2) is 27.8 Å². The van der Waals surface area contributed by atoms with Gasteiger partial charge < -0.3 is 5.11 Å². The second kappa shape index (κ2) is 7.33. The summed E-state index contributed by atoms with van der Waals surface area (Å²) >= 11 is 3.18. The van der Waals surface area contributed by atoms with Gasteiger partial charge in [-0.3, -0.25) is 9.78 Å². The topological polar surface area (TPSA) is 96.4 Å². The summed E-state index contributed by atoms with van der Waals surface area (Å²) in [4.78, 5) is 14.5. The van der Waals surface area contributed by atoms with Gasteiger partial charge in [-0.15, -0.1) is 0 Å². The monoisotopic (exact) mass is 378 g/mol. The first-order valence-corrected chi connectivity index (χ1v) is 8.72. The van der Waals surface area contributed by atoms with E-state index < -0.39 is 16.0 Å². The summed E-state index contributed by atoms with van der Waals surface area (Å²) in [5, 5.41) is 8.68. The third kappa shape index (κ3) is 6.54. The summed E-state index contributed by atoms with van der Waals surface area (Å²) < 4.78 is 27.2. The van der Waals surface area contributed by atoms with Crippen molar-refractivity contribution in [3.63, 3.8) is 0 Å². The third-order valence-electron chi connectivity index (χ3n) is 3.10. The summed E-state index contributed by atoms with van der Waals surface area (Å²) in [6, 6.07) is 1.48. The smallest absolute Gasteiger partial charge is 0.303 e. The van der Waals surface area contributed by atoms with Gasteiger partial charge in [-0.2, -0.15) is 0 Å². The van der Waals surface area contributed by atoms with Gasteiger partial charge >= 0.3 is 5.97 Å². The largest absolute Gasteiger partial charge is 0.481 e. The Balaban J connectivity index is 2.56. The molecule has 2 N–H and O–H groups in total. The molecule has 21 heavy (non-hydrogen) atoms. The number of hydrogen-bond acceptors (Lipinski definition) is 4. The fourth-order valence-electron chi connectivity index (χ4n) is 1.72. The number of sulfonamides is 1. The first kappa shape index (κ1) is 18.1. The highest BCUT2D eigenvalue weighted by atomic mass is 79.9. The van der Waals surface area contributed by atoms with Crippen molar-refractivity contribution in [3.05, 3.63) is 22.9 Å². The van der Waals surface area contributed by atoms with Crippen molar-refractivity contribution in [2.45, 2.75) is 38.0 Å². The van der Waals surface area contributed by atoms with Crippen LogP contribution in [0.4, 0.5) is 0 Å². The third-order valence-corrected chi connectivity index (χ3v) is 4.96. The number of nitrogens with one attached hydrogen (secondary N) is 1. The summed E-state index contributed by atoms with van der Waals surface area (Å²) in [5.41, 5.74) is -0.240. The Morgan fingerprint density at radius 1 is 1.38 bits per heavy atom. The number of carboxylic acids is 1. The molecule has 6 nitrogen and oxygen atoms in total. The van der Waals surface area contributed by atoms with Crippen LogP contribution in [0.3, 0.4) is 0 Å². The van der Waals surface area contributed by atoms with Crippen molar-refractivity contribution in [1.29, 1.82) is 0 Å². The van der Waals surface area contributed by atoms with Crippen LogP contribution in [-0.4, -0.2) is 31.0 Å². The molecule has 1 aromatic heterocycles. The molecule has 0 aliphatic rings. The van der Waals surface area contributed by atoms with Crippen LogP contribution in [0, 0.1) is 5.41 Å². The molecule has 1 aromatic rings. The van der Waals surface area contributed by atoms with Gasteiger partial charge in [0.1, 0.15) is 4.90 Å². The first-order chi connectivity index (χ1) is 9.62. The van der Waals surface area contributed by atoms with Crippen LogP contribution >= 0.6 is 15.9 Å². The van der Waals surface area contributed by atoms with Crippen LogP contribution in [0.25, 0.3) is 0 Å². The predicted molar refractivity (Wildman–Crippen MR) is 82.4 cm³/mol. The summed E-state index contributed by atoms with van der Waals surface area (Å²) in [6.07, 6.45) is 3.93. The van der Waals surface area contributed by atoms with Gasteiger partial charge in [0.05, 0.1) is 0 Å². The van der Waals surface area contributed by atoms with Crippen molar-refractivity contribution in [1.82, 2.24) is 9.71 Å². The Morgan fingerprint density at radius 2 is 2.05 bits per heavy atom. The Labute approximate surface area is 133 Å². The minimum atomic E-state index is -3.60. The SMILES string of the molecule is CC(C)(CCNS(=O)(=O)c1cncc(Br)c1)CCC(=O)O. The van der Waals surface area contributed by atoms with E-state index in [1.165, 1.54) is 18.5 Å². The zero-order chi connectivity index (χ0) is 16.1. The second-order valence-corrected chi connectivity index (χ2v) is 8.23. The fraction of sp³-hybridized carbons (Fsp3) is 0.538. The average Bonchev–Trinajstić information content (AvgIpc) is 2.36. The number of hydrogen-bond donors (Lipinski definition) is 2. The quantitative estimate of drug-likeness (QED) is 0.723. The van der Waals surface area contributed by atoms with Crippen LogP contribution < -0.4 is 4.72 Å². The Bertz CT molecular complexity index is 602. The van der Waals surface area contributed by atoms with E-state index in [1.54, 1.807) is 0 Å². The van der Waals surface area contributed by atoms with Crippen molar-refractivity contribution < 1.29 is 18.3 Å². The summed E-state index contributed by atoms with van der Waals surface area (Å²) in [5.74, 6) is -0.844. The molecule has 0 aliphatic heterocycles. The molecule has 0 unspecified atom stereocenters. The van der Waals surface area contributed by atoms with E-state index in [2.05, 4.69) is 25.6 Å². The van der Waals surface area contributed by atoms with Crippen LogP contribution in [0.2, 0.25) is 0 Å². The molecule has 1 rings (SSSR count). The number of carbonyl (C=O) groups is 1. The van der Waals surface area contributed by atoms with Crippen LogP contribution in [0.5, 0.6) is 0 Å². The summed E-state index contributed by atoms with van der Waals surface area (Å²) in [6.45, 7) is 4.09. The minimum absolute atomic E-state index is 0.0787. The number of halogens is 1. The normalized spacial score (nSPS) is 12.3. The lowest BCUT2D eigenvalue weighted by atomic mass is 9.84. The standard InChI is InChI=1S/C13H19BrN2O4S/c1-13(2,4-3-12(17)18)5-6-16-21(19,20)11-7-10(14)8-15-9-11/h7-9,16H,3-6H2,1-2H3,(H,17,18). The van der Waals surface area contributed by atoms with E-state index in [-0.39, 0.29) is 23.3 Å². The highest BCUT2D eigenvalue weighted by Crippen LogP contribution is 2.26. The van der Waals surface area contributed by atoms with E-state index in [4.69, 9.17) is 5.11 Å². The molecule has 0 fully saturated rings. The van der Waals surface area contributed by atoms with Gasteiger partial charge in [0.2, 0.25) is 10.0 Å². The first-order valence-electron chi connectivity index (χ1n) is 6.44. The number of carboxylic acid groups (broad SMARTS) is 1. The minimum Gasteiger partial charge on any atom is -0.481 e. The fourth-order valence-corrected chi connectivity index (χ4v) is 3.25. The molecule has 0 spiro atoms. The molecule has 8 heteroatoms. The zero-order valence-electron chi connectivity index (χ0n) is 12.0. The highest BCUT2D eigenvalue weighted by Gasteiger charge is 2.21. The van der Waals surface area contributed by atoms with Crippen LogP contribution in [0.1, 0.15) is 33.1 Å². The average molecular weight is 379 g/mol. The van der Waals surface area contributed by atoms with Gasteiger partial charge in [-0.05, 0) is 40.3 Å². The lowest BCUT2D eigenvalue weighted by Gasteiger charge is -2.23. The van der Waals surface area contributed by atoms with Crippen LogP contribution in [-0.2, 0) is 14.8 Å². The molecule has 0 saturated heterocycles. The maximum atomic E-state index is 12.1. The van der Waals surface area contributed by atoms with E-state index in [9.17, 15) is 13.2 Å². The van der Waals surface area contributed by atoms with Gasteiger partial charge in [0.15, 0.2) is 0 Å². The molecule has 0 atom stereocenters. The second-order valence-electron chi connectivity index (χ2n) is 5.54. The lowest BCUT2D eigenvalue weighted by molar-refractivity contribution is -0.137. The molecule has 0 amide bonds.